The minimum atomic E-state index is -0.741. The van der Waals surface area contributed by atoms with Gasteiger partial charge in [0.1, 0.15) is 11.4 Å². The number of aryl methyl sites for hydroxylation is 2. The van der Waals surface area contributed by atoms with Gasteiger partial charge in [-0.3, -0.25) is 4.79 Å². The van der Waals surface area contributed by atoms with E-state index in [9.17, 15) is 9.90 Å². The molecule has 2 rings (SSSR count). The summed E-state index contributed by atoms with van der Waals surface area (Å²) in [4.78, 5) is 15.5. The number of rotatable bonds is 16. The molecule has 1 heterocycles. The van der Waals surface area contributed by atoms with Gasteiger partial charge in [-0.25, -0.2) is 0 Å². The van der Waals surface area contributed by atoms with Crippen LogP contribution in [0, 0.1) is 6.92 Å². The fraction of sp³-hybridized carbons (Fsp3) is 0.645. The lowest BCUT2D eigenvalue weighted by Gasteiger charge is -2.32. The van der Waals surface area contributed by atoms with Crippen LogP contribution >= 0.6 is 0 Å². The van der Waals surface area contributed by atoms with E-state index in [4.69, 9.17) is 4.74 Å². The van der Waals surface area contributed by atoms with Crippen molar-refractivity contribution in [2.75, 3.05) is 32.8 Å². The zero-order valence-electron chi connectivity index (χ0n) is 24.6. The van der Waals surface area contributed by atoms with Crippen LogP contribution in [0.4, 0.5) is 0 Å². The summed E-state index contributed by atoms with van der Waals surface area (Å²) in [6, 6.07) is 8.53. The first-order chi connectivity index (χ1) is 17.5. The highest BCUT2D eigenvalue weighted by Crippen LogP contribution is 2.41. The highest BCUT2D eigenvalue weighted by Gasteiger charge is 2.33. The number of ether oxygens (including phenoxy) is 1. The van der Waals surface area contributed by atoms with E-state index in [-0.39, 0.29) is 11.3 Å². The van der Waals surface area contributed by atoms with Gasteiger partial charge in [-0.15, -0.1) is 0 Å². The molecule has 208 valence electrons. The van der Waals surface area contributed by atoms with Crippen molar-refractivity contribution in [3.63, 3.8) is 0 Å². The highest BCUT2D eigenvalue weighted by molar-refractivity contribution is 5.93. The number of hydrogen-bond acceptors (Lipinski definition) is 4. The van der Waals surface area contributed by atoms with Crippen molar-refractivity contribution in [1.82, 2.24) is 14.8 Å². The molecule has 2 N–H and O–H groups in total. The minimum absolute atomic E-state index is 0.000453. The second-order valence-electron chi connectivity index (χ2n) is 10.7. The summed E-state index contributed by atoms with van der Waals surface area (Å²) in [5, 5.41) is 13.1. The lowest BCUT2D eigenvalue weighted by molar-refractivity contribution is 0.0552. The molecule has 1 aromatic carbocycles. The van der Waals surface area contributed by atoms with Gasteiger partial charge < -0.3 is 24.6 Å². The topological polar surface area (TPSA) is 66.7 Å². The minimum Gasteiger partial charge on any atom is -0.493 e. The Hall–Kier alpha value is -2.31. The average Bonchev–Trinajstić information content (AvgIpc) is 3.31. The number of amides is 1. The normalized spacial score (nSPS) is 12.3. The molecule has 0 aliphatic rings. The number of nitrogens with zero attached hydrogens (tertiary/aromatic N) is 2. The maximum Gasteiger partial charge on any atom is 0.267 e. The smallest absolute Gasteiger partial charge is 0.267 e. The molecule has 0 radical (unpaired) electrons. The van der Waals surface area contributed by atoms with Gasteiger partial charge in [0.05, 0.1) is 12.2 Å². The molecule has 0 unspecified atom stereocenters. The Bertz CT molecular complexity index is 982. The molecule has 1 amide bonds. The molecule has 0 atom stereocenters. The fourth-order valence-electron chi connectivity index (χ4n) is 5.11. The monoisotopic (exact) mass is 513 g/mol. The summed E-state index contributed by atoms with van der Waals surface area (Å²) < 4.78 is 8.06. The van der Waals surface area contributed by atoms with Crippen molar-refractivity contribution in [3.05, 3.63) is 52.8 Å². The lowest BCUT2D eigenvalue weighted by Crippen LogP contribution is -2.30. The number of carbonyl (C=O) groups is 1. The Labute approximate surface area is 225 Å². The van der Waals surface area contributed by atoms with Crippen molar-refractivity contribution in [2.45, 2.75) is 98.6 Å². The molecule has 0 saturated heterocycles. The Morgan fingerprint density at radius 3 is 2.27 bits per heavy atom. The zero-order chi connectivity index (χ0) is 27.6. The van der Waals surface area contributed by atoms with Crippen LogP contribution < -0.4 is 10.1 Å². The van der Waals surface area contributed by atoms with Crippen LogP contribution in [0.2, 0.25) is 0 Å². The Balaban J connectivity index is 2.25. The molecule has 0 aliphatic carbocycles. The Morgan fingerprint density at radius 1 is 1.05 bits per heavy atom. The number of aromatic nitrogens is 1. The molecule has 6 heteroatoms. The van der Waals surface area contributed by atoms with Crippen LogP contribution in [-0.2, 0) is 12.0 Å². The Kier molecular flexibility index (Phi) is 11.7. The van der Waals surface area contributed by atoms with Gasteiger partial charge in [0.15, 0.2) is 0 Å². The first-order valence-electron chi connectivity index (χ1n) is 14.2. The average molecular weight is 514 g/mol. The molecule has 0 spiro atoms. The van der Waals surface area contributed by atoms with Gasteiger partial charge in [0.2, 0.25) is 0 Å². The van der Waals surface area contributed by atoms with Gasteiger partial charge in [-0.05, 0) is 95.4 Å². The van der Waals surface area contributed by atoms with Crippen LogP contribution in [0.15, 0.2) is 30.5 Å². The Morgan fingerprint density at radius 2 is 1.73 bits per heavy atom. The summed E-state index contributed by atoms with van der Waals surface area (Å²) in [5.74, 6) is 0.852. The number of hydrogen-bond donors (Lipinski definition) is 2. The second-order valence-corrected chi connectivity index (χ2v) is 10.7. The van der Waals surface area contributed by atoms with Crippen LogP contribution in [0.1, 0.15) is 101 Å². The van der Waals surface area contributed by atoms with E-state index in [1.54, 1.807) is 13.8 Å². The van der Waals surface area contributed by atoms with E-state index in [1.165, 1.54) is 11.1 Å². The summed E-state index contributed by atoms with van der Waals surface area (Å²) in [6.07, 6.45) is 5.55. The fourth-order valence-corrected chi connectivity index (χ4v) is 5.11. The number of aliphatic hydroxyl groups is 1. The SMILES string of the molecule is CCN(CC)CCCNC(=O)c1cc(C(CC)(CC)c2ccc(OCCC(C)(C)O)c(C)c2)cn1CC. The maximum absolute atomic E-state index is 13.2. The molecule has 0 fully saturated rings. The number of carbonyl (C=O) groups excluding carboxylic acids is 1. The predicted molar refractivity (Wildman–Crippen MR) is 154 cm³/mol. The molecule has 0 saturated carbocycles. The number of benzene rings is 1. The van der Waals surface area contributed by atoms with Crippen LogP contribution in [0.25, 0.3) is 0 Å². The second kappa shape index (κ2) is 14.0. The van der Waals surface area contributed by atoms with Gasteiger partial charge in [0, 0.05) is 31.1 Å². The van der Waals surface area contributed by atoms with Gasteiger partial charge in [0.25, 0.3) is 5.91 Å². The summed E-state index contributed by atoms with van der Waals surface area (Å²) in [5.41, 5.74) is 3.31. The standard InChI is InChI=1S/C31H51N3O3/c1-9-31(10-2,25-15-16-28(24(6)21-25)37-20-17-30(7,8)36)26-22-27(34(13-5)23-26)29(35)32-18-14-19-33(11-3)12-4/h15-16,21-23,36H,9-14,17-20H2,1-8H3,(H,32,35). The zero-order valence-corrected chi connectivity index (χ0v) is 24.6. The van der Waals surface area contributed by atoms with E-state index >= 15 is 0 Å². The molecule has 2 aromatic rings. The number of nitrogens with one attached hydrogen (secondary N) is 1. The third-order valence-electron chi connectivity index (χ3n) is 7.76. The van der Waals surface area contributed by atoms with Crippen LogP contribution in [0.3, 0.4) is 0 Å². The first kappa shape index (κ1) is 30.9. The summed E-state index contributed by atoms with van der Waals surface area (Å²) in [7, 11) is 0. The van der Waals surface area contributed by atoms with E-state index in [1.807, 2.05) is 0 Å². The largest absolute Gasteiger partial charge is 0.493 e. The van der Waals surface area contributed by atoms with E-state index in [0.29, 0.717) is 19.6 Å². The predicted octanol–water partition coefficient (Wildman–Crippen LogP) is 5.92. The first-order valence-corrected chi connectivity index (χ1v) is 14.2. The molecule has 1 aromatic heterocycles. The molecular formula is C31H51N3O3. The van der Waals surface area contributed by atoms with Crippen molar-refractivity contribution in [1.29, 1.82) is 0 Å². The van der Waals surface area contributed by atoms with Crippen molar-refractivity contribution < 1.29 is 14.6 Å². The lowest BCUT2D eigenvalue weighted by atomic mass is 9.71. The third kappa shape index (κ3) is 8.08. The third-order valence-corrected chi connectivity index (χ3v) is 7.76. The summed E-state index contributed by atoms with van der Waals surface area (Å²) >= 11 is 0. The quantitative estimate of drug-likeness (QED) is 0.273. The van der Waals surface area contributed by atoms with Gasteiger partial charge >= 0.3 is 0 Å². The van der Waals surface area contributed by atoms with E-state index in [2.05, 4.69) is 86.8 Å². The van der Waals surface area contributed by atoms with Gasteiger partial charge in [-0.2, -0.15) is 0 Å². The molecule has 37 heavy (non-hydrogen) atoms. The van der Waals surface area contributed by atoms with Gasteiger partial charge in [-0.1, -0.05) is 39.8 Å². The highest BCUT2D eigenvalue weighted by atomic mass is 16.5. The van der Waals surface area contributed by atoms with E-state index in [0.717, 1.165) is 62.4 Å². The molecule has 0 aliphatic heterocycles. The van der Waals surface area contributed by atoms with Crippen LogP contribution in [-0.4, -0.2) is 58.9 Å². The molecule has 6 nitrogen and oxygen atoms in total. The molecule has 0 bridgehead atoms. The summed E-state index contributed by atoms with van der Waals surface area (Å²) in [6.45, 7) is 21.5. The maximum atomic E-state index is 13.2. The van der Waals surface area contributed by atoms with E-state index < -0.39 is 5.60 Å². The molecular weight excluding hydrogens is 462 g/mol. The van der Waals surface area contributed by atoms with Crippen molar-refractivity contribution in [3.8, 4) is 5.75 Å². The van der Waals surface area contributed by atoms with Crippen LogP contribution in [0.5, 0.6) is 5.75 Å². The van der Waals surface area contributed by atoms with Crippen molar-refractivity contribution >= 4 is 5.91 Å². The van der Waals surface area contributed by atoms with Crippen molar-refractivity contribution in [2.24, 2.45) is 0 Å².